The molecule has 3 rings (SSSR count). The summed E-state index contributed by atoms with van der Waals surface area (Å²) in [5.74, 6) is 3.36. The second-order valence-electron chi connectivity index (χ2n) is 5.47. The highest BCUT2D eigenvalue weighted by Gasteiger charge is 2.53. The number of ether oxygens (including phenoxy) is 1. The van der Waals surface area contributed by atoms with Crippen LogP contribution >= 0.6 is 0 Å². The highest BCUT2D eigenvalue weighted by molar-refractivity contribution is 5.14. The van der Waals surface area contributed by atoms with Crippen LogP contribution in [0.2, 0.25) is 0 Å². The van der Waals surface area contributed by atoms with Crippen molar-refractivity contribution in [2.24, 2.45) is 23.7 Å². The molecular formula is C13H20O2. The van der Waals surface area contributed by atoms with Gasteiger partial charge in [0.25, 0.3) is 0 Å². The van der Waals surface area contributed by atoms with E-state index in [4.69, 9.17) is 9.84 Å². The fourth-order valence-corrected chi connectivity index (χ4v) is 3.99. The van der Waals surface area contributed by atoms with Crippen molar-refractivity contribution in [2.75, 3.05) is 6.61 Å². The van der Waals surface area contributed by atoms with Gasteiger partial charge in [-0.3, -0.25) is 0 Å². The fourth-order valence-electron chi connectivity index (χ4n) is 3.99. The molecule has 0 aromatic rings. The highest BCUT2D eigenvalue weighted by Crippen LogP contribution is 2.57. The van der Waals surface area contributed by atoms with Crippen LogP contribution in [0.25, 0.3) is 0 Å². The van der Waals surface area contributed by atoms with E-state index in [2.05, 4.69) is 12.2 Å². The number of hydrogen-bond donors (Lipinski definition) is 1. The normalized spacial score (nSPS) is 48.5. The first kappa shape index (κ1) is 9.86. The number of allylic oxidation sites excluding steroid dienone is 2. The largest absolute Gasteiger partial charge is 0.394 e. The van der Waals surface area contributed by atoms with Gasteiger partial charge in [-0.05, 0) is 49.9 Å². The molecule has 0 amide bonds. The molecule has 2 heteroatoms. The molecule has 84 valence electrons. The molecule has 1 N–H and O–H groups in total. The molecular weight excluding hydrogens is 188 g/mol. The van der Waals surface area contributed by atoms with Gasteiger partial charge in [-0.15, -0.1) is 0 Å². The third-order valence-electron chi connectivity index (χ3n) is 4.61. The predicted octanol–water partition coefficient (Wildman–Crippen LogP) is 1.98. The smallest absolute Gasteiger partial charge is 0.0781 e. The van der Waals surface area contributed by atoms with E-state index in [-0.39, 0.29) is 12.7 Å². The van der Waals surface area contributed by atoms with Crippen LogP contribution in [0.3, 0.4) is 0 Å². The number of fused-ring (bicyclic) bond motifs is 5. The van der Waals surface area contributed by atoms with Gasteiger partial charge < -0.3 is 9.84 Å². The standard InChI is InChI=1S/C13H20O2/c1-8(7-14)15-13-6-9-5-12(13)11-4-2-3-10(9)11/h2-3,8-14H,4-7H2,1H3. The first-order valence-corrected chi connectivity index (χ1v) is 6.22. The summed E-state index contributed by atoms with van der Waals surface area (Å²) in [7, 11) is 0. The Morgan fingerprint density at radius 1 is 1.40 bits per heavy atom. The molecule has 0 radical (unpaired) electrons. The Hall–Kier alpha value is -0.340. The number of rotatable bonds is 3. The van der Waals surface area contributed by atoms with Gasteiger partial charge in [0, 0.05) is 0 Å². The maximum atomic E-state index is 9.02. The summed E-state index contributed by atoms with van der Waals surface area (Å²) < 4.78 is 5.92. The van der Waals surface area contributed by atoms with E-state index in [1.807, 2.05) is 6.92 Å². The van der Waals surface area contributed by atoms with Gasteiger partial charge in [0.1, 0.15) is 0 Å². The lowest BCUT2D eigenvalue weighted by molar-refractivity contribution is -0.0664. The van der Waals surface area contributed by atoms with Crippen LogP contribution in [0.15, 0.2) is 12.2 Å². The van der Waals surface area contributed by atoms with Crippen molar-refractivity contribution in [1.29, 1.82) is 0 Å². The van der Waals surface area contributed by atoms with Crippen molar-refractivity contribution in [3.8, 4) is 0 Å². The van der Waals surface area contributed by atoms with Crippen molar-refractivity contribution in [3.05, 3.63) is 12.2 Å². The summed E-state index contributed by atoms with van der Waals surface area (Å²) in [5.41, 5.74) is 0. The van der Waals surface area contributed by atoms with Crippen molar-refractivity contribution >= 4 is 0 Å². The van der Waals surface area contributed by atoms with Crippen molar-refractivity contribution in [1.82, 2.24) is 0 Å². The molecule has 0 aliphatic heterocycles. The molecule has 2 nitrogen and oxygen atoms in total. The van der Waals surface area contributed by atoms with E-state index in [1.165, 1.54) is 19.3 Å². The van der Waals surface area contributed by atoms with E-state index >= 15 is 0 Å². The van der Waals surface area contributed by atoms with Crippen molar-refractivity contribution < 1.29 is 9.84 Å². The van der Waals surface area contributed by atoms with E-state index in [0.717, 1.165) is 23.7 Å². The highest BCUT2D eigenvalue weighted by atomic mass is 16.5. The zero-order valence-electron chi connectivity index (χ0n) is 9.30. The average molecular weight is 208 g/mol. The Labute approximate surface area is 91.3 Å². The zero-order valence-corrected chi connectivity index (χ0v) is 9.30. The first-order chi connectivity index (χ1) is 7.29. The quantitative estimate of drug-likeness (QED) is 0.719. The number of aliphatic hydroxyl groups is 1. The summed E-state index contributed by atoms with van der Waals surface area (Å²) >= 11 is 0. The first-order valence-electron chi connectivity index (χ1n) is 6.22. The molecule has 0 aromatic carbocycles. The van der Waals surface area contributed by atoms with E-state index in [0.29, 0.717) is 6.10 Å². The summed E-state index contributed by atoms with van der Waals surface area (Å²) in [5, 5.41) is 9.02. The molecule has 15 heavy (non-hydrogen) atoms. The van der Waals surface area contributed by atoms with Crippen LogP contribution in [0.5, 0.6) is 0 Å². The summed E-state index contributed by atoms with van der Waals surface area (Å²) in [6.07, 6.45) is 9.08. The third-order valence-corrected chi connectivity index (χ3v) is 4.61. The van der Waals surface area contributed by atoms with E-state index in [9.17, 15) is 0 Å². The van der Waals surface area contributed by atoms with Crippen LogP contribution < -0.4 is 0 Å². The monoisotopic (exact) mass is 208 g/mol. The molecule has 6 unspecified atom stereocenters. The lowest BCUT2D eigenvalue weighted by Crippen LogP contribution is -2.33. The number of hydrogen-bond acceptors (Lipinski definition) is 2. The Kier molecular flexibility index (Phi) is 2.37. The number of aliphatic hydroxyl groups excluding tert-OH is 1. The van der Waals surface area contributed by atoms with Gasteiger partial charge in [-0.25, -0.2) is 0 Å². The predicted molar refractivity (Wildman–Crippen MR) is 58.4 cm³/mol. The molecule has 3 aliphatic rings. The van der Waals surface area contributed by atoms with Crippen LogP contribution in [0.4, 0.5) is 0 Å². The molecule has 2 saturated carbocycles. The van der Waals surface area contributed by atoms with Gasteiger partial charge in [0.05, 0.1) is 18.8 Å². The molecule has 6 atom stereocenters. The summed E-state index contributed by atoms with van der Waals surface area (Å²) in [4.78, 5) is 0. The molecule has 0 heterocycles. The second kappa shape index (κ2) is 3.60. The van der Waals surface area contributed by atoms with Gasteiger partial charge in [0.2, 0.25) is 0 Å². The Morgan fingerprint density at radius 2 is 2.27 bits per heavy atom. The van der Waals surface area contributed by atoms with E-state index < -0.39 is 0 Å². The Bertz CT molecular complexity index is 274. The minimum atomic E-state index is 0.0159. The Morgan fingerprint density at radius 3 is 3.07 bits per heavy atom. The van der Waals surface area contributed by atoms with Gasteiger partial charge >= 0.3 is 0 Å². The topological polar surface area (TPSA) is 29.5 Å². The summed E-state index contributed by atoms with van der Waals surface area (Å²) in [6, 6.07) is 0. The molecule has 2 fully saturated rings. The second-order valence-corrected chi connectivity index (χ2v) is 5.47. The van der Waals surface area contributed by atoms with Gasteiger partial charge in [-0.2, -0.15) is 0 Å². The lowest BCUT2D eigenvalue weighted by atomic mass is 9.80. The van der Waals surface area contributed by atoms with E-state index in [1.54, 1.807) is 0 Å². The molecule has 3 aliphatic carbocycles. The van der Waals surface area contributed by atoms with Gasteiger partial charge in [-0.1, -0.05) is 12.2 Å². The maximum absolute atomic E-state index is 9.02. The fraction of sp³-hybridized carbons (Fsp3) is 0.846. The molecule has 0 spiro atoms. The Balaban J connectivity index is 1.67. The van der Waals surface area contributed by atoms with Crippen LogP contribution in [-0.2, 0) is 4.74 Å². The molecule has 0 aromatic heterocycles. The molecule has 2 bridgehead atoms. The average Bonchev–Trinajstić information content (AvgIpc) is 2.87. The maximum Gasteiger partial charge on any atom is 0.0781 e. The van der Waals surface area contributed by atoms with Crippen LogP contribution in [-0.4, -0.2) is 23.9 Å². The lowest BCUT2D eigenvalue weighted by Gasteiger charge is -2.32. The zero-order chi connectivity index (χ0) is 10.4. The van der Waals surface area contributed by atoms with Crippen LogP contribution in [0, 0.1) is 23.7 Å². The van der Waals surface area contributed by atoms with Crippen molar-refractivity contribution in [2.45, 2.75) is 38.4 Å². The van der Waals surface area contributed by atoms with Crippen LogP contribution in [0.1, 0.15) is 26.2 Å². The SMILES string of the molecule is CC(CO)OC1CC2CC1C1CC=CC21. The summed E-state index contributed by atoms with van der Waals surface area (Å²) in [6.45, 7) is 2.12. The third kappa shape index (κ3) is 1.46. The molecule has 0 saturated heterocycles. The van der Waals surface area contributed by atoms with Gasteiger partial charge in [0.15, 0.2) is 0 Å². The van der Waals surface area contributed by atoms with Crippen molar-refractivity contribution in [3.63, 3.8) is 0 Å². The minimum Gasteiger partial charge on any atom is -0.394 e. The minimum absolute atomic E-state index is 0.0159.